The van der Waals surface area contributed by atoms with Crippen LogP contribution in [0.2, 0.25) is 0 Å². The van der Waals surface area contributed by atoms with Crippen LogP contribution < -0.4 is 9.80 Å². The van der Waals surface area contributed by atoms with E-state index in [-0.39, 0.29) is 17.4 Å². The van der Waals surface area contributed by atoms with E-state index in [2.05, 4.69) is 29.4 Å². The molecule has 0 aliphatic carbocycles. The zero-order valence-electron chi connectivity index (χ0n) is 18.8. The summed E-state index contributed by atoms with van der Waals surface area (Å²) in [6.07, 6.45) is 8.48. The third-order valence-corrected chi connectivity index (χ3v) is 4.72. The summed E-state index contributed by atoms with van der Waals surface area (Å²) in [5.74, 6) is 0.445. The number of anilines is 2. The van der Waals surface area contributed by atoms with Crippen LogP contribution in [0, 0.1) is 0 Å². The number of carbonyl (C=O) groups excluding carboxylic acids is 3. The molecule has 11 nitrogen and oxygen atoms in total. The first-order valence-electron chi connectivity index (χ1n) is 10.1. The number of methoxy groups -OCH3 is 2. The average Bonchev–Trinajstić information content (AvgIpc) is 2.97. The van der Waals surface area contributed by atoms with Crippen LogP contribution in [0.3, 0.4) is 0 Å². The van der Waals surface area contributed by atoms with Gasteiger partial charge in [0.1, 0.15) is 5.69 Å². The van der Waals surface area contributed by atoms with Crippen LogP contribution in [0.15, 0.2) is 24.8 Å². The van der Waals surface area contributed by atoms with Crippen LogP contribution in [0.4, 0.5) is 11.6 Å². The Labute approximate surface area is 186 Å². The Hall–Kier alpha value is -3.63. The molecule has 0 fully saturated rings. The molecule has 0 unspecified atom stereocenters. The lowest BCUT2D eigenvalue weighted by Gasteiger charge is -2.19. The van der Waals surface area contributed by atoms with E-state index < -0.39 is 5.97 Å². The molecule has 2 aromatic rings. The van der Waals surface area contributed by atoms with Crippen molar-refractivity contribution in [3.63, 3.8) is 0 Å². The van der Waals surface area contributed by atoms with Crippen molar-refractivity contribution in [2.24, 2.45) is 0 Å². The van der Waals surface area contributed by atoms with E-state index in [9.17, 15) is 14.4 Å². The molecule has 0 bridgehead atoms. The first kappa shape index (κ1) is 24.6. The van der Waals surface area contributed by atoms with Gasteiger partial charge in [-0.15, -0.1) is 0 Å². The average molecular weight is 444 g/mol. The topological polar surface area (TPSA) is 128 Å². The van der Waals surface area contributed by atoms with Gasteiger partial charge in [0.15, 0.2) is 23.1 Å². The molecule has 2 aromatic heterocycles. The van der Waals surface area contributed by atoms with Crippen molar-refractivity contribution in [2.45, 2.75) is 25.7 Å². The molecule has 3 rings (SSSR count). The first-order valence-corrected chi connectivity index (χ1v) is 10.1. The Balaban J connectivity index is 0.000000242. The lowest BCUT2D eigenvalue weighted by Crippen LogP contribution is -2.24. The zero-order chi connectivity index (χ0) is 23.5. The van der Waals surface area contributed by atoms with Crippen LogP contribution in [0.5, 0.6) is 0 Å². The Kier molecular flexibility index (Phi) is 9.45. The Morgan fingerprint density at radius 2 is 1.75 bits per heavy atom. The number of hydrogen-bond donors (Lipinski definition) is 0. The summed E-state index contributed by atoms with van der Waals surface area (Å²) < 4.78 is 9.20. The van der Waals surface area contributed by atoms with Crippen LogP contribution in [-0.4, -0.2) is 79.1 Å². The number of fused-ring (bicyclic) bond motifs is 1. The van der Waals surface area contributed by atoms with Gasteiger partial charge in [-0.3, -0.25) is 9.59 Å². The second-order valence-corrected chi connectivity index (χ2v) is 7.00. The molecule has 0 saturated heterocycles. The standard InChI is InChI=1S/C12H17N3O4.C9H11N3O/c1-15(8-4-5-9(16)18-2)11-10(12(17)19-3)13-6-7-14-11;1-12-6-2-3-7(13)8-9(12)11-5-4-10-8/h6-7H,4-5,8H2,1-3H3;4-5H,2-3,6H2,1H3. The molecule has 0 amide bonds. The van der Waals surface area contributed by atoms with Crippen LogP contribution in [0.25, 0.3) is 0 Å². The molecule has 0 spiro atoms. The molecule has 1 aliphatic rings. The van der Waals surface area contributed by atoms with E-state index in [1.54, 1.807) is 24.3 Å². The summed E-state index contributed by atoms with van der Waals surface area (Å²) in [7, 11) is 6.35. The van der Waals surface area contributed by atoms with Gasteiger partial charge < -0.3 is 19.3 Å². The van der Waals surface area contributed by atoms with Crippen molar-refractivity contribution < 1.29 is 23.9 Å². The van der Waals surface area contributed by atoms with E-state index in [1.807, 2.05) is 11.9 Å². The first-order chi connectivity index (χ1) is 15.4. The number of esters is 2. The fraction of sp³-hybridized carbons (Fsp3) is 0.476. The maximum absolute atomic E-state index is 11.5. The molecule has 0 saturated carbocycles. The summed E-state index contributed by atoms with van der Waals surface area (Å²) in [6, 6.07) is 0. The summed E-state index contributed by atoms with van der Waals surface area (Å²) in [5.41, 5.74) is 0.674. The highest BCUT2D eigenvalue weighted by Crippen LogP contribution is 2.19. The molecular formula is C21H28N6O5. The van der Waals surface area contributed by atoms with Gasteiger partial charge in [0, 0.05) is 64.8 Å². The highest BCUT2D eigenvalue weighted by atomic mass is 16.5. The van der Waals surface area contributed by atoms with Crippen molar-refractivity contribution in [1.29, 1.82) is 0 Å². The van der Waals surface area contributed by atoms with E-state index >= 15 is 0 Å². The maximum atomic E-state index is 11.5. The van der Waals surface area contributed by atoms with Crippen LogP contribution >= 0.6 is 0 Å². The summed E-state index contributed by atoms with van der Waals surface area (Å²) >= 11 is 0. The van der Waals surface area contributed by atoms with Gasteiger partial charge in [-0.25, -0.2) is 24.7 Å². The molecule has 32 heavy (non-hydrogen) atoms. The van der Waals surface area contributed by atoms with Gasteiger partial charge in [-0.2, -0.15) is 0 Å². The molecular weight excluding hydrogens is 416 g/mol. The van der Waals surface area contributed by atoms with Gasteiger partial charge in [0.05, 0.1) is 14.2 Å². The normalized spacial score (nSPS) is 12.6. The Morgan fingerprint density at radius 3 is 2.47 bits per heavy atom. The molecule has 0 atom stereocenters. The second kappa shape index (κ2) is 12.3. The molecule has 172 valence electrons. The minimum absolute atomic E-state index is 0.104. The number of ketones is 1. The summed E-state index contributed by atoms with van der Waals surface area (Å²) in [5, 5.41) is 0. The lowest BCUT2D eigenvalue weighted by molar-refractivity contribution is -0.140. The molecule has 0 radical (unpaired) electrons. The van der Waals surface area contributed by atoms with E-state index in [4.69, 9.17) is 0 Å². The number of carbonyl (C=O) groups is 3. The summed E-state index contributed by atoms with van der Waals surface area (Å²) in [6.45, 7) is 1.43. The second-order valence-electron chi connectivity index (χ2n) is 7.00. The molecule has 1 aliphatic heterocycles. The zero-order valence-corrected chi connectivity index (χ0v) is 18.8. The predicted octanol–water partition coefficient (Wildman–Crippen LogP) is 1.54. The number of nitrogens with zero attached hydrogens (tertiary/aromatic N) is 6. The quantitative estimate of drug-likeness (QED) is 0.602. The van der Waals surface area contributed by atoms with Gasteiger partial charge in [-0.05, 0) is 12.8 Å². The fourth-order valence-corrected chi connectivity index (χ4v) is 3.03. The van der Waals surface area contributed by atoms with Crippen molar-refractivity contribution in [1.82, 2.24) is 19.9 Å². The van der Waals surface area contributed by atoms with Gasteiger partial charge >= 0.3 is 11.9 Å². The number of hydrogen-bond acceptors (Lipinski definition) is 11. The highest BCUT2D eigenvalue weighted by Gasteiger charge is 2.20. The van der Waals surface area contributed by atoms with Crippen LogP contribution in [-0.2, 0) is 14.3 Å². The Morgan fingerprint density at radius 1 is 1.06 bits per heavy atom. The van der Waals surface area contributed by atoms with Gasteiger partial charge in [0.2, 0.25) is 0 Å². The fourth-order valence-electron chi connectivity index (χ4n) is 3.03. The highest BCUT2D eigenvalue weighted by molar-refractivity contribution is 5.99. The minimum atomic E-state index is -0.539. The lowest BCUT2D eigenvalue weighted by atomic mass is 10.2. The van der Waals surface area contributed by atoms with Gasteiger partial charge in [0.25, 0.3) is 0 Å². The monoisotopic (exact) mass is 444 g/mol. The molecule has 3 heterocycles. The van der Waals surface area contributed by atoms with Crippen molar-refractivity contribution in [2.75, 3.05) is 51.2 Å². The Bertz CT molecular complexity index is 938. The number of ether oxygens (including phenoxy) is 2. The van der Waals surface area contributed by atoms with E-state index in [1.165, 1.54) is 26.6 Å². The van der Waals surface area contributed by atoms with E-state index in [0.29, 0.717) is 43.1 Å². The SMILES string of the molecule is CN1CCCC(=O)c2nccnc21.COC(=O)CCCN(C)c1nccnc1C(=O)OC. The van der Waals surface area contributed by atoms with Crippen molar-refractivity contribution in [3.05, 3.63) is 36.2 Å². The third-order valence-electron chi connectivity index (χ3n) is 4.72. The molecule has 11 heteroatoms. The smallest absolute Gasteiger partial charge is 0.360 e. The summed E-state index contributed by atoms with van der Waals surface area (Å²) in [4.78, 5) is 54.1. The van der Waals surface area contributed by atoms with Crippen molar-refractivity contribution in [3.8, 4) is 0 Å². The number of rotatable bonds is 6. The minimum Gasteiger partial charge on any atom is -0.469 e. The maximum Gasteiger partial charge on any atom is 0.360 e. The third kappa shape index (κ3) is 6.69. The number of Topliss-reactive ketones (excluding diaryl/α,β-unsaturated/α-hetero) is 1. The predicted molar refractivity (Wildman–Crippen MR) is 117 cm³/mol. The molecule has 0 N–H and O–H groups in total. The largest absolute Gasteiger partial charge is 0.469 e. The molecule has 0 aromatic carbocycles. The van der Waals surface area contributed by atoms with Crippen LogP contribution in [0.1, 0.15) is 46.7 Å². The number of aromatic nitrogens is 4. The van der Waals surface area contributed by atoms with Gasteiger partial charge in [-0.1, -0.05) is 0 Å². The van der Waals surface area contributed by atoms with Crippen molar-refractivity contribution >= 4 is 29.4 Å². The van der Waals surface area contributed by atoms with E-state index in [0.717, 1.165) is 13.0 Å².